The van der Waals surface area contributed by atoms with Crippen LogP contribution in [0.5, 0.6) is 0 Å². The SMILES string of the molecule is CC(C)(O)C(C)(C)OBc1ccc(-c2ccc3oc4cccnc4c3c2)nc1. The molecule has 0 saturated heterocycles. The number of hydrogen-bond donors (Lipinski definition) is 1. The topological polar surface area (TPSA) is 68.4 Å². The lowest BCUT2D eigenvalue weighted by molar-refractivity contribution is -0.0893. The molecule has 0 amide bonds. The fraction of sp³-hybridized carbons (Fsp3) is 0.273. The van der Waals surface area contributed by atoms with E-state index in [1.807, 2.05) is 56.4 Å². The Morgan fingerprint density at radius 2 is 1.82 bits per heavy atom. The molecule has 3 heterocycles. The number of rotatable bonds is 5. The van der Waals surface area contributed by atoms with E-state index in [-0.39, 0.29) is 0 Å². The smallest absolute Gasteiger partial charge is 0.311 e. The maximum absolute atomic E-state index is 10.2. The molecule has 5 nitrogen and oxygen atoms in total. The van der Waals surface area contributed by atoms with Crippen LogP contribution >= 0.6 is 0 Å². The normalized spacial score (nSPS) is 12.6. The third kappa shape index (κ3) is 3.41. The molecule has 0 fully saturated rings. The minimum atomic E-state index is -0.933. The van der Waals surface area contributed by atoms with Crippen LogP contribution in [-0.4, -0.2) is 33.8 Å². The van der Waals surface area contributed by atoms with Gasteiger partial charge in [-0.1, -0.05) is 6.07 Å². The van der Waals surface area contributed by atoms with Gasteiger partial charge in [-0.3, -0.25) is 9.97 Å². The van der Waals surface area contributed by atoms with Crippen molar-refractivity contribution in [2.45, 2.75) is 38.9 Å². The molecule has 4 rings (SSSR count). The molecular formula is C22H23BN2O3. The second kappa shape index (κ2) is 6.72. The standard InChI is InChI=1S/C22H23BN2O3/c1-21(2,26)22(3,4)28-23-15-8-9-17(25-13-15)14-7-10-18-16(12-14)20-19(27-18)6-5-11-24-20/h5-13,23,26H,1-4H3. The summed E-state index contributed by atoms with van der Waals surface area (Å²) >= 11 is 0. The second-order valence-corrected chi connectivity index (χ2v) is 8.07. The number of aliphatic hydroxyl groups is 1. The first-order valence-electron chi connectivity index (χ1n) is 9.33. The zero-order valence-corrected chi connectivity index (χ0v) is 16.6. The molecular weight excluding hydrogens is 351 g/mol. The molecule has 0 spiro atoms. The lowest BCUT2D eigenvalue weighted by atomic mass is 9.83. The van der Waals surface area contributed by atoms with E-state index in [4.69, 9.17) is 9.07 Å². The summed E-state index contributed by atoms with van der Waals surface area (Å²) in [6, 6.07) is 13.8. The molecule has 0 aliphatic heterocycles. The Hall–Kier alpha value is -2.70. The van der Waals surface area contributed by atoms with Gasteiger partial charge < -0.3 is 14.2 Å². The largest absolute Gasteiger partial charge is 0.454 e. The molecule has 0 saturated carbocycles. The third-order valence-electron chi connectivity index (χ3n) is 5.42. The van der Waals surface area contributed by atoms with Gasteiger partial charge in [0, 0.05) is 23.3 Å². The van der Waals surface area contributed by atoms with Crippen molar-refractivity contribution in [3.05, 3.63) is 54.9 Å². The predicted octanol–water partition coefficient (Wildman–Crippen LogP) is 3.59. The summed E-state index contributed by atoms with van der Waals surface area (Å²) in [5.74, 6) is 0. The summed E-state index contributed by atoms with van der Waals surface area (Å²) in [7, 11) is 0.388. The number of aromatic nitrogens is 2. The van der Waals surface area contributed by atoms with Crippen LogP contribution in [-0.2, 0) is 4.65 Å². The van der Waals surface area contributed by atoms with Gasteiger partial charge in [-0.25, -0.2) is 0 Å². The molecule has 142 valence electrons. The highest BCUT2D eigenvalue weighted by Gasteiger charge is 2.35. The van der Waals surface area contributed by atoms with Crippen LogP contribution < -0.4 is 5.46 Å². The molecule has 0 radical (unpaired) electrons. The maximum atomic E-state index is 10.2. The molecule has 0 unspecified atom stereocenters. The molecule has 0 aliphatic rings. The van der Waals surface area contributed by atoms with Gasteiger partial charge in [-0.2, -0.15) is 0 Å². The fourth-order valence-corrected chi connectivity index (χ4v) is 2.88. The summed E-state index contributed by atoms with van der Waals surface area (Å²) < 4.78 is 11.7. The van der Waals surface area contributed by atoms with Gasteiger partial charge in [0.25, 0.3) is 0 Å². The molecule has 0 aliphatic carbocycles. The first-order chi connectivity index (χ1) is 13.2. The fourth-order valence-electron chi connectivity index (χ4n) is 2.88. The van der Waals surface area contributed by atoms with Crippen molar-refractivity contribution in [1.29, 1.82) is 0 Å². The summed E-state index contributed by atoms with van der Waals surface area (Å²) in [5.41, 5.74) is 3.70. The summed E-state index contributed by atoms with van der Waals surface area (Å²) in [5, 5.41) is 11.2. The summed E-state index contributed by atoms with van der Waals surface area (Å²) in [6.07, 6.45) is 3.58. The van der Waals surface area contributed by atoms with Crippen LogP contribution in [0.15, 0.2) is 59.3 Å². The van der Waals surface area contributed by atoms with Crippen LogP contribution in [0, 0.1) is 0 Å². The number of hydrogen-bond acceptors (Lipinski definition) is 5. The molecule has 4 aromatic rings. The van der Waals surface area contributed by atoms with Gasteiger partial charge in [0.2, 0.25) is 0 Å². The number of pyridine rings is 2. The van der Waals surface area contributed by atoms with Gasteiger partial charge in [-0.05, 0) is 69.6 Å². The van der Waals surface area contributed by atoms with E-state index in [1.54, 1.807) is 20.0 Å². The zero-order chi connectivity index (χ0) is 19.9. The first kappa shape index (κ1) is 18.7. The maximum Gasteiger partial charge on any atom is 0.311 e. The number of furan rings is 1. The number of fused-ring (bicyclic) bond motifs is 3. The highest BCUT2D eigenvalue weighted by molar-refractivity contribution is 6.46. The lowest BCUT2D eigenvalue weighted by Crippen LogP contribution is -2.49. The minimum Gasteiger partial charge on any atom is -0.454 e. The highest BCUT2D eigenvalue weighted by Crippen LogP contribution is 2.30. The molecule has 6 heteroatoms. The van der Waals surface area contributed by atoms with Crippen molar-refractivity contribution in [2.24, 2.45) is 0 Å². The Balaban J connectivity index is 1.58. The van der Waals surface area contributed by atoms with Crippen LogP contribution in [0.4, 0.5) is 0 Å². The van der Waals surface area contributed by atoms with Crippen LogP contribution in [0.3, 0.4) is 0 Å². The minimum absolute atomic E-state index is 0.388. The van der Waals surface area contributed by atoms with E-state index < -0.39 is 11.2 Å². The van der Waals surface area contributed by atoms with Crippen LogP contribution in [0.2, 0.25) is 0 Å². The van der Waals surface area contributed by atoms with Gasteiger partial charge in [0.1, 0.15) is 11.1 Å². The van der Waals surface area contributed by atoms with Crippen molar-refractivity contribution < 1.29 is 14.2 Å². The van der Waals surface area contributed by atoms with E-state index in [0.717, 1.165) is 38.8 Å². The van der Waals surface area contributed by atoms with Crippen molar-refractivity contribution >= 4 is 35.0 Å². The Bertz CT molecular complexity index is 1130. The Morgan fingerprint density at radius 1 is 1.00 bits per heavy atom. The zero-order valence-electron chi connectivity index (χ0n) is 16.6. The molecule has 3 aromatic heterocycles. The van der Waals surface area contributed by atoms with E-state index in [0.29, 0.717) is 7.48 Å². The average molecular weight is 374 g/mol. The Kier molecular flexibility index (Phi) is 4.48. The van der Waals surface area contributed by atoms with Crippen molar-refractivity contribution in [3.8, 4) is 11.3 Å². The molecule has 0 bridgehead atoms. The predicted molar refractivity (Wildman–Crippen MR) is 113 cm³/mol. The first-order valence-corrected chi connectivity index (χ1v) is 9.33. The second-order valence-electron chi connectivity index (χ2n) is 8.07. The van der Waals surface area contributed by atoms with Gasteiger partial charge in [0.15, 0.2) is 5.58 Å². The van der Waals surface area contributed by atoms with Gasteiger partial charge >= 0.3 is 7.48 Å². The summed E-state index contributed by atoms with van der Waals surface area (Å²) in [4.78, 5) is 9.02. The van der Waals surface area contributed by atoms with E-state index in [9.17, 15) is 5.11 Å². The lowest BCUT2D eigenvalue weighted by Gasteiger charge is -2.37. The third-order valence-corrected chi connectivity index (χ3v) is 5.42. The van der Waals surface area contributed by atoms with Gasteiger partial charge in [-0.15, -0.1) is 0 Å². The average Bonchev–Trinajstić information content (AvgIpc) is 3.04. The Morgan fingerprint density at radius 3 is 2.54 bits per heavy atom. The molecule has 28 heavy (non-hydrogen) atoms. The van der Waals surface area contributed by atoms with Gasteiger partial charge in [0.05, 0.1) is 16.9 Å². The van der Waals surface area contributed by atoms with Crippen molar-refractivity contribution in [3.63, 3.8) is 0 Å². The quantitative estimate of drug-likeness (QED) is 0.541. The van der Waals surface area contributed by atoms with Crippen LogP contribution in [0.25, 0.3) is 33.3 Å². The van der Waals surface area contributed by atoms with E-state index in [1.165, 1.54) is 0 Å². The molecule has 0 atom stereocenters. The number of benzene rings is 1. The Labute approximate surface area is 164 Å². The van der Waals surface area contributed by atoms with Crippen LogP contribution in [0.1, 0.15) is 27.7 Å². The molecule has 1 aromatic carbocycles. The van der Waals surface area contributed by atoms with Crippen molar-refractivity contribution in [2.75, 3.05) is 0 Å². The van der Waals surface area contributed by atoms with Crippen molar-refractivity contribution in [1.82, 2.24) is 9.97 Å². The van der Waals surface area contributed by atoms with E-state index in [2.05, 4.69) is 16.0 Å². The number of nitrogens with zero attached hydrogens (tertiary/aromatic N) is 2. The highest BCUT2D eigenvalue weighted by atomic mass is 16.5. The molecule has 1 N–H and O–H groups in total. The monoisotopic (exact) mass is 374 g/mol. The van der Waals surface area contributed by atoms with E-state index >= 15 is 0 Å². The summed E-state index contributed by atoms with van der Waals surface area (Å²) in [6.45, 7) is 7.26.